The molecule has 1 atom stereocenters. The topological polar surface area (TPSA) is 71.5 Å². The number of nitrogens with one attached hydrogen (secondary N) is 1. The maximum absolute atomic E-state index is 12.6. The Balaban J connectivity index is 1.34. The van der Waals surface area contributed by atoms with E-state index in [1.54, 1.807) is 24.4 Å². The molecule has 0 spiro atoms. The molecule has 140 valence electrons. The molecule has 1 amide bonds. The third kappa shape index (κ3) is 3.90. The number of hydrogen-bond donors (Lipinski definition) is 1. The van der Waals surface area contributed by atoms with Gasteiger partial charge in [0.15, 0.2) is 6.10 Å². The first-order valence-electron chi connectivity index (χ1n) is 9.06. The number of cyclic esters (lactones) is 1. The van der Waals surface area contributed by atoms with Gasteiger partial charge in [0.05, 0.1) is 5.56 Å². The molecule has 0 bridgehead atoms. The van der Waals surface area contributed by atoms with Crippen molar-refractivity contribution in [3.63, 3.8) is 0 Å². The fourth-order valence-electron chi connectivity index (χ4n) is 3.60. The lowest BCUT2D eigenvalue weighted by Crippen LogP contribution is -2.49. The van der Waals surface area contributed by atoms with Crippen molar-refractivity contribution < 1.29 is 14.3 Å². The number of piperidine rings is 1. The molecule has 6 nitrogen and oxygen atoms in total. The van der Waals surface area contributed by atoms with Crippen LogP contribution < -0.4 is 10.2 Å². The number of anilines is 1. The lowest BCUT2D eigenvalue weighted by atomic mass is 9.97. The minimum absolute atomic E-state index is 0.0666. The molecule has 7 heteroatoms. The first kappa shape index (κ1) is 17.8. The van der Waals surface area contributed by atoms with Gasteiger partial charge in [0.1, 0.15) is 5.82 Å². The Labute approximate surface area is 162 Å². The zero-order chi connectivity index (χ0) is 18.8. The molecule has 1 fully saturated rings. The van der Waals surface area contributed by atoms with E-state index < -0.39 is 12.1 Å². The number of carbonyl (C=O) groups is 2. The quantitative estimate of drug-likeness (QED) is 0.822. The number of ether oxygens (including phenoxy) is 1. The second-order valence-electron chi connectivity index (χ2n) is 6.86. The largest absolute Gasteiger partial charge is 0.448 e. The van der Waals surface area contributed by atoms with Gasteiger partial charge in [-0.3, -0.25) is 4.79 Å². The summed E-state index contributed by atoms with van der Waals surface area (Å²) in [5, 5.41) is 3.58. The smallest absolute Gasteiger partial charge is 0.339 e. The van der Waals surface area contributed by atoms with Gasteiger partial charge in [0, 0.05) is 36.8 Å². The van der Waals surface area contributed by atoms with Crippen molar-refractivity contribution in [3.05, 3.63) is 58.7 Å². The number of esters is 1. The lowest BCUT2D eigenvalue weighted by Gasteiger charge is -2.34. The number of pyridine rings is 1. The molecule has 2 aliphatic rings. The molecule has 1 saturated heterocycles. The first-order valence-corrected chi connectivity index (χ1v) is 9.44. The van der Waals surface area contributed by atoms with Crippen LogP contribution in [0.25, 0.3) is 0 Å². The monoisotopic (exact) mass is 385 g/mol. The van der Waals surface area contributed by atoms with Crippen LogP contribution >= 0.6 is 11.6 Å². The molecule has 1 aromatic heterocycles. The Morgan fingerprint density at radius 3 is 2.78 bits per heavy atom. The molecular weight excluding hydrogens is 366 g/mol. The van der Waals surface area contributed by atoms with Crippen molar-refractivity contribution in [2.75, 3.05) is 18.0 Å². The van der Waals surface area contributed by atoms with Crippen molar-refractivity contribution in [1.82, 2.24) is 10.3 Å². The Morgan fingerprint density at radius 2 is 2.04 bits per heavy atom. The third-order valence-corrected chi connectivity index (χ3v) is 5.28. The van der Waals surface area contributed by atoms with Crippen LogP contribution in [0.2, 0.25) is 5.02 Å². The highest BCUT2D eigenvalue weighted by Gasteiger charge is 2.33. The molecule has 27 heavy (non-hydrogen) atoms. The van der Waals surface area contributed by atoms with Gasteiger partial charge < -0.3 is 15.0 Å². The molecule has 2 aromatic rings. The van der Waals surface area contributed by atoms with E-state index in [2.05, 4.69) is 15.2 Å². The van der Waals surface area contributed by atoms with Crippen molar-refractivity contribution in [2.45, 2.75) is 31.4 Å². The van der Waals surface area contributed by atoms with E-state index in [-0.39, 0.29) is 11.9 Å². The third-order valence-electron chi connectivity index (χ3n) is 5.05. The van der Waals surface area contributed by atoms with Crippen LogP contribution in [0, 0.1) is 0 Å². The highest BCUT2D eigenvalue weighted by Crippen LogP contribution is 2.25. The SMILES string of the molecule is O=C1OC(C(=O)NC2CCN(c3ccccn3)CC2)Cc2cc(Cl)ccc21. The zero-order valence-electron chi connectivity index (χ0n) is 14.7. The minimum atomic E-state index is -0.808. The Morgan fingerprint density at radius 1 is 1.22 bits per heavy atom. The standard InChI is InChI=1S/C20H20ClN3O3/c21-14-4-5-16-13(11-14)12-17(27-20(16)26)19(25)23-15-6-9-24(10-7-15)18-3-1-2-8-22-18/h1-5,8,11,15,17H,6-7,9-10,12H2,(H,23,25). The minimum Gasteiger partial charge on any atom is -0.448 e. The van der Waals surface area contributed by atoms with Crippen LogP contribution in [-0.4, -0.2) is 42.1 Å². The highest BCUT2D eigenvalue weighted by molar-refractivity contribution is 6.30. The average Bonchev–Trinajstić information content (AvgIpc) is 2.69. The number of amides is 1. The van der Waals surface area contributed by atoms with Gasteiger partial charge in [-0.05, 0) is 48.7 Å². The molecule has 1 unspecified atom stereocenters. The molecule has 0 saturated carbocycles. The number of carbonyl (C=O) groups excluding carboxylic acids is 2. The zero-order valence-corrected chi connectivity index (χ0v) is 15.5. The Kier molecular flexibility index (Phi) is 4.99. The van der Waals surface area contributed by atoms with Crippen molar-refractivity contribution >= 4 is 29.3 Å². The predicted molar refractivity (Wildman–Crippen MR) is 102 cm³/mol. The Bertz CT molecular complexity index is 851. The maximum Gasteiger partial charge on any atom is 0.339 e. The normalized spacial score (nSPS) is 20.0. The molecule has 1 aromatic carbocycles. The molecule has 0 aliphatic carbocycles. The van der Waals surface area contributed by atoms with Crippen molar-refractivity contribution in [1.29, 1.82) is 0 Å². The second kappa shape index (κ2) is 7.56. The fourth-order valence-corrected chi connectivity index (χ4v) is 3.79. The number of hydrogen-bond acceptors (Lipinski definition) is 5. The number of fused-ring (bicyclic) bond motifs is 1. The number of rotatable bonds is 3. The summed E-state index contributed by atoms with van der Waals surface area (Å²) in [5.41, 5.74) is 1.23. The van der Waals surface area contributed by atoms with Crippen molar-refractivity contribution in [3.8, 4) is 0 Å². The first-order chi connectivity index (χ1) is 13.1. The number of aromatic nitrogens is 1. The van der Waals surface area contributed by atoms with Gasteiger partial charge in [-0.25, -0.2) is 9.78 Å². The second-order valence-corrected chi connectivity index (χ2v) is 7.29. The van der Waals surface area contributed by atoms with Gasteiger partial charge in [-0.15, -0.1) is 0 Å². The summed E-state index contributed by atoms with van der Waals surface area (Å²) in [6.45, 7) is 1.65. The molecule has 4 rings (SSSR count). The van der Waals surface area contributed by atoms with Crippen LogP contribution in [0.3, 0.4) is 0 Å². The van der Waals surface area contributed by atoms with Crippen LogP contribution in [0.4, 0.5) is 5.82 Å². The van der Waals surface area contributed by atoms with Gasteiger partial charge >= 0.3 is 5.97 Å². The van der Waals surface area contributed by atoms with Crippen LogP contribution in [0.5, 0.6) is 0 Å². The molecular formula is C20H20ClN3O3. The summed E-state index contributed by atoms with van der Waals surface area (Å²) in [6, 6.07) is 10.9. The molecule has 3 heterocycles. The Hall–Kier alpha value is -2.60. The summed E-state index contributed by atoms with van der Waals surface area (Å²) < 4.78 is 5.33. The molecule has 1 N–H and O–H groups in total. The summed E-state index contributed by atoms with van der Waals surface area (Å²) >= 11 is 6.01. The number of halogens is 1. The van der Waals surface area contributed by atoms with E-state index in [0.29, 0.717) is 17.0 Å². The van der Waals surface area contributed by atoms with E-state index in [4.69, 9.17) is 16.3 Å². The van der Waals surface area contributed by atoms with Crippen molar-refractivity contribution in [2.24, 2.45) is 0 Å². The van der Waals surface area contributed by atoms with Gasteiger partial charge in [0.2, 0.25) is 0 Å². The lowest BCUT2D eigenvalue weighted by molar-refractivity contribution is -0.131. The number of benzene rings is 1. The van der Waals surface area contributed by atoms with Gasteiger partial charge in [-0.2, -0.15) is 0 Å². The van der Waals surface area contributed by atoms with Crippen LogP contribution in [0.1, 0.15) is 28.8 Å². The number of nitrogens with zero attached hydrogens (tertiary/aromatic N) is 2. The molecule has 0 radical (unpaired) electrons. The van der Waals surface area contributed by atoms with Gasteiger partial charge in [-0.1, -0.05) is 17.7 Å². The van der Waals surface area contributed by atoms with E-state index >= 15 is 0 Å². The highest BCUT2D eigenvalue weighted by atomic mass is 35.5. The summed E-state index contributed by atoms with van der Waals surface area (Å²) in [6.07, 6.45) is 2.97. The summed E-state index contributed by atoms with van der Waals surface area (Å²) in [7, 11) is 0. The summed E-state index contributed by atoms with van der Waals surface area (Å²) in [4.78, 5) is 31.3. The predicted octanol–water partition coefficient (Wildman–Crippen LogP) is 2.60. The fraction of sp³-hybridized carbons (Fsp3) is 0.350. The van der Waals surface area contributed by atoms with Crippen LogP contribution in [-0.2, 0) is 16.0 Å². The average molecular weight is 386 g/mol. The van der Waals surface area contributed by atoms with Gasteiger partial charge in [0.25, 0.3) is 5.91 Å². The van der Waals surface area contributed by atoms with E-state index in [9.17, 15) is 9.59 Å². The summed E-state index contributed by atoms with van der Waals surface area (Å²) in [5.74, 6) is 0.236. The van der Waals surface area contributed by atoms with E-state index in [1.807, 2.05) is 18.2 Å². The maximum atomic E-state index is 12.6. The van der Waals surface area contributed by atoms with E-state index in [0.717, 1.165) is 37.3 Å². The molecule has 2 aliphatic heterocycles. The van der Waals surface area contributed by atoms with Crippen LogP contribution in [0.15, 0.2) is 42.6 Å². The van der Waals surface area contributed by atoms with E-state index in [1.165, 1.54) is 0 Å².